The summed E-state index contributed by atoms with van der Waals surface area (Å²) < 4.78 is 8.12. The first-order valence-corrected chi connectivity index (χ1v) is 12.8. The normalized spacial score (nSPS) is 12.1. The molecular weight excluding hydrogens is 464 g/mol. The first kappa shape index (κ1) is 22.4. The van der Waals surface area contributed by atoms with E-state index in [0.29, 0.717) is 5.88 Å². The van der Waals surface area contributed by atoms with Crippen molar-refractivity contribution in [3.8, 4) is 17.3 Å². The molecule has 0 radical (unpaired) electrons. The minimum Gasteiger partial charge on any atom is -0.439 e. The summed E-state index contributed by atoms with van der Waals surface area (Å²) in [5, 5.41) is 4.46. The van der Waals surface area contributed by atoms with E-state index in [9.17, 15) is 0 Å². The first-order chi connectivity index (χ1) is 18.8. The van der Waals surface area contributed by atoms with Crippen LogP contribution in [-0.2, 0) is 0 Å². The summed E-state index contributed by atoms with van der Waals surface area (Å²) in [6.07, 6.45) is 5.54. The number of pyridine rings is 1. The Labute approximate surface area is 222 Å². The lowest BCUT2D eigenvalue weighted by Gasteiger charge is -2.32. The Morgan fingerprint density at radius 2 is 1.29 bits per heavy atom. The van der Waals surface area contributed by atoms with Crippen LogP contribution in [0.3, 0.4) is 0 Å². The molecule has 0 saturated heterocycles. The fraction of sp³-hybridized carbons (Fsp3) is 0. The van der Waals surface area contributed by atoms with Crippen LogP contribution >= 0.6 is 0 Å². The highest BCUT2D eigenvalue weighted by Crippen LogP contribution is 2.18. The Balaban J connectivity index is 1.43. The molecule has 0 saturated carbocycles. The van der Waals surface area contributed by atoms with E-state index >= 15 is 0 Å². The zero-order valence-electron chi connectivity index (χ0n) is 20.7. The van der Waals surface area contributed by atoms with Gasteiger partial charge in [-0.2, -0.15) is 5.10 Å². The summed E-state index contributed by atoms with van der Waals surface area (Å²) in [5.74, 6) is 1.36. The molecule has 0 atom stereocenters. The highest BCUT2D eigenvalue weighted by molar-refractivity contribution is 7.11. The monoisotopic (exact) mass is 487 g/mol. The molecule has 0 fully saturated rings. The van der Waals surface area contributed by atoms with Gasteiger partial charge in [0.05, 0.1) is 5.69 Å². The Kier molecular flexibility index (Phi) is 5.63. The van der Waals surface area contributed by atoms with Crippen LogP contribution in [0.4, 0.5) is 0 Å². The Morgan fingerprint density at radius 3 is 2.05 bits per heavy atom. The fourth-order valence-electron chi connectivity index (χ4n) is 5.66. The zero-order chi connectivity index (χ0) is 25.3. The molecule has 0 aliphatic carbocycles. The molecular formula is C32H23B2N3O. The SMILES string of the molecule is c1ccc(B2c3ccccc3B(c3cccc(-n4cccn4)c3)c3cc(Oc4ccccn4)ccc32)cc1. The third kappa shape index (κ3) is 4.00. The Bertz CT molecular complexity index is 1710. The van der Waals surface area contributed by atoms with Gasteiger partial charge in [-0.15, -0.1) is 0 Å². The van der Waals surface area contributed by atoms with Gasteiger partial charge in [0.2, 0.25) is 19.3 Å². The minimum atomic E-state index is 0.0453. The lowest BCUT2D eigenvalue weighted by molar-refractivity contribution is 0.463. The van der Waals surface area contributed by atoms with E-state index in [1.807, 2.05) is 41.3 Å². The third-order valence-electron chi connectivity index (χ3n) is 7.26. The number of fused-ring (bicyclic) bond motifs is 2. The van der Waals surface area contributed by atoms with Gasteiger partial charge in [0.1, 0.15) is 5.75 Å². The zero-order valence-corrected chi connectivity index (χ0v) is 20.7. The maximum absolute atomic E-state index is 6.21. The number of nitrogens with zero attached hydrogens (tertiary/aromatic N) is 3. The molecule has 4 nitrogen and oxygen atoms in total. The maximum atomic E-state index is 6.21. The highest BCUT2D eigenvalue weighted by atomic mass is 16.5. The molecule has 0 spiro atoms. The number of ether oxygens (including phenoxy) is 1. The van der Waals surface area contributed by atoms with Crippen molar-refractivity contribution >= 4 is 46.2 Å². The van der Waals surface area contributed by atoms with Crippen molar-refractivity contribution in [2.24, 2.45) is 0 Å². The van der Waals surface area contributed by atoms with Gasteiger partial charge in [-0.25, -0.2) is 9.67 Å². The largest absolute Gasteiger partial charge is 0.439 e. The molecule has 7 rings (SSSR count). The molecule has 1 aliphatic rings. The molecule has 1 aliphatic heterocycles. The number of hydrogen-bond acceptors (Lipinski definition) is 3. The van der Waals surface area contributed by atoms with Crippen LogP contribution in [0.25, 0.3) is 5.69 Å². The summed E-state index contributed by atoms with van der Waals surface area (Å²) >= 11 is 0. The quantitative estimate of drug-likeness (QED) is 0.351. The second-order valence-electron chi connectivity index (χ2n) is 9.51. The lowest BCUT2D eigenvalue weighted by Crippen LogP contribution is -2.74. The number of hydrogen-bond donors (Lipinski definition) is 0. The summed E-state index contributed by atoms with van der Waals surface area (Å²) in [6, 6.07) is 42.4. The lowest BCUT2D eigenvalue weighted by atomic mass is 9.21. The standard InChI is InChI=1S/C32H23B2N3O/c1-2-10-24(11-3-1)33-28-14-4-5-15-29(28)34(25-12-8-13-26(22-25)37-21-9-20-36-37)31-23-27(17-18-30(31)33)38-32-16-6-7-19-35-32/h1-23H. The van der Waals surface area contributed by atoms with Crippen LogP contribution in [0.15, 0.2) is 140 Å². The Morgan fingerprint density at radius 1 is 0.553 bits per heavy atom. The van der Waals surface area contributed by atoms with Crippen molar-refractivity contribution in [1.29, 1.82) is 0 Å². The van der Waals surface area contributed by atoms with Crippen LogP contribution in [0.1, 0.15) is 0 Å². The second-order valence-corrected chi connectivity index (χ2v) is 9.51. The molecule has 6 heteroatoms. The molecule has 0 unspecified atom stereocenters. The topological polar surface area (TPSA) is 39.9 Å². The van der Waals surface area contributed by atoms with E-state index in [-0.39, 0.29) is 13.4 Å². The predicted molar refractivity (Wildman–Crippen MR) is 157 cm³/mol. The van der Waals surface area contributed by atoms with Crippen LogP contribution in [-0.4, -0.2) is 28.2 Å². The van der Waals surface area contributed by atoms with Gasteiger partial charge < -0.3 is 4.74 Å². The van der Waals surface area contributed by atoms with Gasteiger partial charge in [0.15, 0.2) is 0 Å². The first-order valence-electron chi connectivity index (χ1n) is 12.8. The van der Waals surface area contributed by atoms with Crippen molar-refractivity contribution in [3.63, 3.8) is 0 Å². The molecule has 0 N–H and O–H groups in total. The van der Waals surface area contributed by atoms with Gasteiger partial charge in [-0.05, 0) is 36.4 Å². The molecule has 3 heterocycles. The van der Waals surface area contributed by atoms with E-state index < -0.39 is 0 Å². The second kappa shape index (κ2) is 9.56. The van der Waals surface area contributed by atoms with Gasteiger partial charge >= 0.3 is 0 Å². The average Bonchev–Trinajstić information content (AvgIpc) is 3.52. The van der Waals surface area contributed by atoms with E-state index in [2.05, 4.69) is 107 Å². The van der Waals surface area contributed by atoms with Crippen LogP contribution in [0, 0.1) is 0 Å². The number of benzene rings is 4. The van der Waals surface area contributed by atoms with Gasteiger partial charge in [-0.1, -0.05) is 112 Å². The van der Waals surface area contributed by atoms with Gasteiger partial charge in [-0.3, -0.25) is 0 Å². The number of rotatable bonds is 5. The summed E-state index contributed by atoms with van der Waals surface area (Å²) in [7, 11) is 0. The van der Waals surface area contributed by atoms with E-state index in [4.69, 9.17) is 4.74 Å². The van der Waals surface area contributed by atoms with Crippen molar-refractivity contribution in [2.75, 3.05) is 0 Å². The Hall–Kier alpha value is -4.83. The molecule has 2 aromatic heterocycles. The summed E-state index contributed by atoms with van der Waals surface area (Å²) in [4.78, 5) is 4.37. The van der Waals surface area contributed by atoms with E-state index in [1.54, 1.807) is 6.20 Å². The van der Waals surface area contributed by atoms with E-state index in [1.165, 1.54) is 32.8 Å². The van der Waals surface area contributed by atoms with Crippen molar-refractivity contribution in [3.05, 3.63) is 140 Å². The molecule has 38 heavy (non-hydrogen) atoms. The third-order valence-corrected chi connectivity index (χ3v) is 7.26. The fourth-order valence-corrected chi connectivity index (χ4v) is 5.66. The minimum absolute atomic E-state index is 0.0453. The van der Waals surface area contributed by atoms with Crippen molar-refractivity contribution in [1.82, 2.24) is 14.8 Å². The molecule has 6 aromatic rings. The number of aromatic nitrogens is 3. The smallest absolute Gasteiger partial charge is 0.240 e. The average molecular weight is 487 g/mol. The van der Waals surface area contributed by atoms with Crippen LogP contribution in [0.2, 0.25) is 0 Å². The predicted octanol–water partition coefficient (Wildman–Crippen LogP) is 2.41. The van der Waals surface area contributed by atoms with Crippen LogP contribution < -0.4 is 37.5 Å². The summed E-state index contributed by atoms with van der Waals surface area (Å²) in [6.45, 7) is 0.181. The highest BCUT2D eigenvalue weighted by Gasteiger charge is 2.38. The van der Waals surface area contributed by atoms with Crippen molar-refractivity contribution in [2.45, 2.75) is 0 Å². The maximum Gasteiger partial charge on any atom is 0.240 e. The molecule has 0 amide bonds. The van der Waals surface area contributed by atoms with Gasteiger partial charge in [0.25, 0.3) is 0 Å². The summed E-state index contributed by atoms with van der Waals surface area (Å²) in [5.41, 5.74) is 8.70. The van der Waals surface area contributed by atoms with Gasteiger partial charge in [0, 0.05) is 24.7 Å². The van der Waals surface area contributed by atoms with Crippen LogP contribution in [0.5, 0.6) is 11.6 Å². The molecule has 4 aromatic carbocycles. The van der Waals surface area contributed by atoms with E-state index in [0.717, 1.165) is 11.4 Å². The molecule has 0 bridgehead atoms. The van der Waals surface area contributed by atoms with Crippen molar-refractivity contribution < 1.29 is 4.74 Å². The molecule has 178 valence electrons.